The average Bonchev–Trinajstić information content (AvgIpc) is 3.53. The molecule has 4 heterocycles. The van der Waals surface area contributed by atoms with Crippen molar-refractivity contribution in [2.24, 2.45) is 0 Å². The van der Waals surface area contributed by atoms with Crippen molar-refractivity contribution in [2.75, 3.05) is 50.8 Å². The second kappa shape index (κ2) is 11.4. The number of carbonyl (C=O) groups is 1. The molecule has 0 spiro atoms. The molecule has 2 saturated heterocycles. The maximum Gasteiger partial charge on any atom is 0.253 e. The van der Waals surface area contributed by atoms with Gasteiger partial charge < -0.3 is 4.74 Å². The first kappa shape index (κ1) is 26.0. The summed E-state index contributed by atoms with van der Waals surface area (Å²) in [5.41, 5.74) is 0.838. The van der Waals surface area contributed by atoms with Crippen molar-refractivity contribution < 1.29 is 17.9 Å². The van der Waals surface area contributed by atoms with Crippen LogP contribution in [0.25, 0.3) is 10.2 Å². The summed E-state index contributed by atoms with van der Waals surface area (Å²) in [6.45, 7) is 4.85. The lowest BCUT2D eigenvalue weighted by molar-refractivity contribution is -0.123. The highest BCUT2D eigenvalue weighted by atomic mass is 35.5. The van der Waals surface area contributed by atoms with Crippen LogP contribution in [-0.4, -0.2) is 80.5 Å². The third-order valence-corrected chi connectivity index (χ3v) is 11.3. The zero-order valence-corrected chi connectivity index (χ0v) is 23.0. The summed E-state index contributed by atoms with van der Waals surface area (Å²) in [5, 5.41) is 0.616. The fourth-order valence-electron chi connectivity index (χ4n) is 4.72. The zero-order chi connectivity index (χ0) is 25.1. The van der Waals surface area contributed by atoms with Gasteiger partial charge in [-0.2, -0.15) is 4.31 Å². The number of rotatable bonds is 8. The van der Waals surface area contributed by atoms with Gasteiger partial charge in [0.25, 0.3) is 10.0 Å². The van der Waals surface area contributed by atoms with Gasteiger partial charge in [-0.25, -0.2) is 13.4 Å². The number of para-hydroxylation sites is 1. The molecule has 0 saturated carbocycles. The van der Waals surface area contributed by atoms with Crippen LogP contribution in [0.2, 0.25) is 4.34 Å². The largest absolute Gasteiger partial charge is 0.379 e. The molecule has 2 fully saturated rings. The summed E-state index contributed by atoms with van der Waals surface area (Å²) in [6.07, 6.45) is 2.78. The molecule has 3 aromatic rings. The molecular formula is C24H29ClN4O4S3. The van der Waals surface area contributed by atoms with Crippen molar-refractivity contribution in [1.29, 1.82) is 0 Å². The van der Waals surface area contributed by atoms with Gasteiger partial charge in [-0.3, -0.25) is 14.6 Å². The number of fused-ring (bicyclic) bond motifs is 1. The fourth-order valence-corrected chi connectivity index (χ4v) is 8.98. The van der Waals surface area contributed by atoms with Gasteiger partial charge in [0.2, 0.25) is 5.91 Å². The second-order valence-corrected chi connectivity index (χ2v) is 13.8. The van der Waals surface area contributed by atoms with Crippen molar-refractivity contribution >= 4 is 65.6 Å². The number of sulfonamides is 1. The van der Waals surface area contributed by atoms with Gasteiger partial charge in [0, 0.05) is 32.7 Å². The molecule has 1 amide bonds. The molecule has 1 aromatic carbocycles. The Balaban J connectivity index is 1.41. The van der Waals surface area contributed by atoms with Crippen LogP contribution in [0.1, 0.15) is 25.7 Å². The standard InChI is InChI=1S/C24H29ClN4O4S3/c25-21-9-10-22(35-21)36(31,32)29-13-4-3-7-19(29)23(30)28(12-5-11-27-14-16-33-17-15-27)24-26-18-6-1-2-8-20(18)34-24/h1-2,6,8-10,19H,3-5,7,11-17H2. The molecule has 2 aliphatic rings. The van der Waals surface area contributed by atoms with E-state index in [1.165, 1.54) is 21.7 Å². The smallest absolute Gasteiger partial charge is 0.253 e. The number of carbonyl (C=O) groups excluding carboxylic acids is 1. The van der Waals surface area contributed by atoms with Crippen molar-refractivity contribution in [3.05, 3.63) is 40.7 Å². The number of nitrogens with zero attached hydrogens (tertiary/aromatic N) is 4. The molecule has 5 rings (SSSR count). The zero-order valence-electron chi connectivity index (χ0n) is 19.8. The minimum absolute atomic E-state index is 0.172. The topological polar surface area (TPSA) is 83.1 Å². The van der Waals surface area contributed by atoms with Gasteiger partial charge in [-0.1, -0.05) is 41.5 Å². The van der Waals surface area contributed by atoms with Crippen LogP contribution in [0.4, 0.5) is 5.13 Å². The molecule has 12 heteroatoms. The van der Waals surface area contributed by atoms with Crippen LogP contribution in [0.3, 0.4) is 0 Å². The number of ether oxygens (including phenoxy) is 1. The summed E-state index contributed by atoms with van der Waals surface area (Å²) < 4.78 is 35.4. The summed E-state index contributed by atoms with van der Waals surface area (Å²) in [4.78, 5) is 22.9. The van der Waals surface area contributed by atoms with Gasteiger partial charge in [0.15, 0.2) is 5.13 Å². The number of morpholine rings is 1. The highest BCUT2D eigenvalue weighted by molar-refractivity contribution is 7.91. The van der Waals surface area contributed by atoms with E-state index >= 15 is 0 Å². The van der Waals surface area contributed by atoms with Gasteiger partial charge in [-0.05, 0) is 43.5 Å². The van der Waals surface area contributed by atoms with E-state index in [0.717, 1.165) is 73.7 Å². The molecule has 8 nitrogen and oxygen atoms in total. The molecule has 1 unspecified atom stereocenters. The molecule has 0 aliphatic carbocycles. The Morgan fingerprint density at radius 1 is 1.11 bits per heavy atom. The van der Waals surface area contributed by atoms with E-state index in [4.69, 9.17) is 21.3 Å². The van der Waals surface area contributed by atoms with Gasteiger partial charge in [0.05, 0.1) is 27.8 Å². The predicted octanol–water partition coefficient (Wildman–Crippen LogP) is 4.31. The predicted molar refractivity (Wildman–Crippen MR) is 145 cm³/mol. The van der Waals surface area contributed by atoms with Gasteiger partial charge >= 0.3 is 0 Å². The Kier molecular flexibility index (Phi) is 8.26. The van der Waals surface area contributed by atoms with Crippen LogP contribution in [-0.2, 0) is 19.6 Å². The Bertz CT molecular complexity index is 1270. The van der Waals surface area contributed by atoms with E-state index < -0.39 is 16.1 Å². The third-order valence-electron chi connectivity index (χ3n) is 6.59. The van der Waals surface area contributed by atoms with Gasteiger partial charge in [0.1, 0.15) is 10.3 Å². The molecule has 2 aromatic heterocycles. The Morgan fingerprint density at radius 2 is 1.92 bits per heavy atom. The molecule has 0 radical (unpaired) electrons. The molecule has 194 valence electrons. The molecule has 36 heavy (non-hydrogen) atoms. The number of aromatic nitrogens is 1. The number of benzene rings is 1. The maximum atomic E-state index is 14.1. The summed E-state index contributed by atoms with van der Waals surface area (Å²) >= 11 is 8.53. The van der Waals surface area contributed by atoms with Crippen LogP contribution >= 0.6 is 34.3 Å². The lowest BCUT2D eigenvalue weighted by Crippen LogP contribution is -2.53. The Hall–Kier alpha value is -1.60. The van der Waals surface area contributed by atoms with Crippen LogP contribution in [0.15, 0.2) is 40.6 Å². The molecule has 2 aliphatic heterocycles. The van der Waals surface area contributed by atoms with Crippen LogP contribution in [0.5, 0.6) is 0 Å². The Morgan fingerprint density at radius 3 is 2.67 bits per heavy atom. The number of anilines is 1. The quantitative estimate of drug-likeness (QED) is 0.403. The first-order valence-corrected chi connectivity index (χ1v) is 15.6. The molecule has 1 atom stereocenters. The number of halogens is 1. The van der Waals surface area contributed by atoms with E-state index in [-0.39, 0.29) is 10.1 Å². The van der Waals surface area contributed by atoms with E-state index in [1.807, 2.05) is 24.3 Å². The lowest BCUT2D eigenvalue weighted by Gasteiger charge is -2.36. The van der Waals surface area contributed by atoms with E-state index in [9.17, 15) is 13.2 Å². The Labute approximate surface area is 224 Å². The SMILES string of the molecule is O=C(C1CCCCN1S(=O)(=O)c1ccc(Cl)s1)N(CCCN1CCOCC1)c1nc2ccccc2s1. The first-order chi connectivity index (χ1) is 17.4. The number of hydrogen-bond donors (Lipinski definition) is 0. The minimum atomic E-state index is -3.83. The molecule has 0 N–H and O–H groups in total. The first-order valence-electron chi connectivity index (χ1n) is 12.2. The van der Waals surface area contributed by atoms with Crippen molar-refractivity contribution in [1.82, 2.24) is 14.2 Å². The second-order valence-electron chi connectivity index (χ2n) is 8.95. The van der Waals surface area contributed by atoms with Crippen LogP contribution in [0, 0.1) is 0 Å². The molecule has 0 bridgehead atoms. The number of amides is 1. The number of thiazole rings is 1. The number of thiophene rings is 1. The highest BCUT2D eigenvalue weighted by Crippen LogP contribution is 2.34. The van der Waals surface area contributed by atoms with Crippen molar-refractivity contribution in [3.8, 4) is 0 Å². The van der Waals surface area contributed by atoms with E-state index in [2.05, 4.69) is 4.90 Å². The number of piperidine rings is 1. The molecular weight excluding hydrogens is 540 g/mol. The normalized spacial score (nSPS) is 20.1. The number of hydrogen-bond acceptors (Lipinski definition) is 8. The monoisotopic (exact) mass is 568 g/mol. The van der Waals surface area contributed by atoms with Crippen molar-refractivity contribution in [2.45, 2.75) is 35.9 Å². The highest BCUT2D eigenvalue weighted by Gasteiger charge is 2.41. The minimum Gasteiger partial charge on any atom is -0.379 e. The summed E-state index contributed by atoms with van der Waals surface area (Å²) in [6, 6.07) is 10.1. The maximum absolute atomic E-state index is 14.1. The van der Waals surface area contributed by atoms with E-state index in [0.29, 0.717) is 29.0 Å². The lowest BCUT2D eigenvalue weighted by atomic mass is 10.0. The summed E-state index contributed by atoms with van der Waals surface area (Å²) in [5.74, 6) is -0.207. The van der Waals surface area contributed by atoms with Gasteiger partial charge in [-0.15, -0.1) is 11.3 Å². The third kappa shape index (κ3) is 5.62. The summed E-state index contributed by atoms with van der Waals surface area (Å²) in [7, 11) is -3.83. The average molecular weight is 569 g/mol. The van der Waals surface area contributed by atoms with Crippen LogP contribution < -0.4 is 4.90 Å². The fraction of sp³-hybridized carbons (Fsp3) is 0.500. The van der Waals surface area contributed by atoms with E-state index in [1.54, 1.807) is 11.0 Å². The van der Waals surface area contributed by atoms with Crippen molar-refractivity contribution in [3.63, 3.8) is 0 Å².